The fraction of sp³-hybridized carbons (Fsp3) is 0.857. The van der Waals surface area contributed by atoms with E-state index in [1.807, 2.05) is 0 Å². The van der Waals surface area contributed by atoms with Crippen LogP contribution in [0.15, 0.2) is 0 Å². The van der Waals surface area contributed by atoms with Gasteiger partial charge in [0.1, 0.15) is 5.78 Å². The predicted molar refractivity (Wildman–Crippen MR) is 40.0 cm³/mol. The van der Waals surface area contributed by atoms with Crippen molar-refractivity contribution in [2.45, 2.75) is 36.2 Å². The van der Waals surface area contributed by atoms with Crippen LogP contribution in [0.25, 0.3) is 0 Å². The van der Waals surface area contributed by atoms with E-state index >= 15 is 0 Å². The Labute approximate surface area is 65.7 Å². The van der Waals surface area contributed by atoms with Gasteiger partial charge in [0.2, 0.25) is 0 Å². The molecule has 2 rings (SSSR count). The Morgan fingerprint density at radius 1 is 1.09 bits per heavy atom. The third-order valence-electron chi connectivity index (χ3n) is 2.65. The van der Waals surface area contributed by atoms with Gasteiger partial charge in [-0.15, -0.1) is 0 Å². The number of carbonyl (C=O) groups excluding carboxylic acids is 1. The summed E-state index contributed by atoms with van der Waals surface area (Å²) in [5, 5.41) is -0.650. The van der Waals surface area contributed by atoms with Crippen LogP contribution in [0.4, 0.5) is 0 Å². The van der Waals surface area contributed by atoms with Crippen LogP contribution in [-0.2, 0) is 14.6 Å². The van der Waals surface area contributed by atoms with Gasteiger partial charge in [0.05, 0.1) is 10.5 Å². The van der Waals surface area contributed by atoms with E-state index in [1.165, 1.54) is 0 Å². The molecule has 0 aromatic rings. The first-order valence-electron chi connectivity index (χ1n) is 3.85. The summed E-state index contributed by atoms with van der Waals surface area (Å²) in [6.07, 6.45) is 1.97. The standard InChI is InChI=1S/C7H10O3S/c8-5-3-6-1-2-7(4-5)11(6,9)10/h6-7H,1-4H2. The van der Waals surface area contributed by atoms with Crippen molar-refractivity contribution in [2.75, 3.05) is 0 Å². The zero-order chi connectivity index (χ0) is 8.06. The first-order valence-corrected chi connectivity index (χ1v) is 5.46. The highest BCUT2D eigenvalue weighted by Crippen LogP contribution is 2.36. The molecule has 2 aliphatic heterocycles. The number of Topliss-reactive ketones (excluding diaryl/α,β-unsaturated/α-hetero) is 1. The van der Waals surface area contributed by atoms with E-state index < -0.39 is 9.84 Å². The fourth-order valence-electron chi connectivity index (χ4n) is 2.00. The molecule has 0 radical (unpaired) electrons. The summed E-state index contributed by atoms with van der Waals surface area (Å²) >= 11 is 0. The molecule has 2 heterocycles. The van der Waals surface area contributed by atoms with Crippen molar-refractivity contribution < 1.29 is 13.2 Å². The van der Waals surface area contributed by atoms with Crippen molar-refractivity contribution in [2.24, 2.45) is 0 Å². The van der Waals surface area contributed by atoms with Crippen molar-refractivity contribution >= 4 is 15.6 Å². The van der Waals surface area contributed by atoms with E-state index in [9.17, 15) is 13.2 Å². The van der Waals surface area contributed by atoms with Crippen LogP contribution in [0, 0.1) is 0 Å². The van der Waals surface area contributed by atoms with Crippen LogP contribution in [0.5, 0.6) is 0 Å². The summed E-state index contributed by atoms with van der Waals surface area (Å²) in [7, 11) is -2.88. The Balaban J connectivity index is 2.40. The van der Waals surface area contributed by atoms with Crippen molar-refractivity contribution in [3.05, 3.63) is 0 Å². The number of hydrogen-bond donors (Lipinski definition) is 0. The Bertz CT molecular complexity index is 269. The molecule has 0 amide bonds. The van der Waals surface area contributed by atoms with Crippen molar-refractivity contribution in [1.82, 2.24) is 0 Å². The second-order valence-corrected chi connectivity index (χ2v) is 5.87. The van der Waals surface area contributed by atoms with Gasteiger partial charge in [0, 0.05) is 12.8 Å². The van der Waals surface area contributed by atoms with Crippen LogP contribution in [0.1, 0.15) is 25.7 Å². The van der Waals surface area contributed by atoms with E-state index in [0.717, 1.165) is 0 Å². The molecule has 2 bridgehead atoms. The van der Waals surface area contributed by atoms with E-state index in [4.69, 9.17) is 0 Å². The highest BCUT2D eigenvalue weighted by Gasteiger charge is 2.46. The third-order valence-corrected chi connectivity index (χ3v) is 5.31. The minimum atomic E-state index is -2.88. The summed E-state index contributed by atoms with van der Waals surface area (Å²) in [5.41, 5.74) is 0. The average Bonchev–Trinajstić information content (AvgIpc) is 2.19. The van der Waals surface area contributed by atoms with Crippen molar-refractivity contribution in [1.29, 1.82) is 0 Å². The molecular weight excluding hydrogens is 164 g/mol. The molecule has 11 heavy (non-hydrogen) atoms. The minimum Gasteiger partial charge on any atom is -0.300 e. The lowest BCUT2D eigenvalue weighted by Gasteiger charge is -2.17. The summed E-state index contributed by atoms with van der Waals surface area (Å²) in [6.45, 7) is 0. The lowest BCUT2D eigenvalue weighted by Crippen LogP contribution is -2.32. The normalized spacial score (nSPS) is 40.9. The molecular formula is C7H10O3S. The average molecular weight is 174 g/mol. The molecule has 0 aromatic carbocycles. The highest BCUT2D eigenvalue weighted by molar-refractivity contribution is 7.93. The number of carbonyl (C=O) groups is 1. The predicted octanol–water partition coefficient (Wildman–Crippen LogP) is 0.295. The summed E-state index contributed by atoms with van der Waals surface area (Å²) < 4.78 is 22.7. The molecule has 2 aliphatic rings. The van der Waals surface area contributed by atoms with Gasteiger partial charge >= 0.3 is 0 Å². The number of hydrogen-bond acceptors (Lipinski definition) is 3. The third kappa shape index (κ3) is 0.922. The van der Waals surface area contributed by atoms with E-state index in [-0.39, 0.29) is 29.1 Å². The van der Waals surface area contributed by atoms with Crippen LogP contribution >= 0.6 is 0 Å². The minimum absolute atomic E-state index is 0.132. The highest BCUT2D eigenvalue weighted by atomic mass is 32.2. The molecule has 2 atom stereocenters. The van der Waals surface area contributed by atoms with Crippen molar-refractivity contribution in [3.8, 4) is 0 Å². The summed E-state index contributed by atoms with van der Waals surface area (Å²) in [4.78, 5) is 10.9. The lowest BCUT2D eigenvalue weighted by atomic mass is 10.2. The van der Waals surface area contributed by atoms with Crippen LogP contribution < -0.4 is 0 Å². The maximum Gasteiger partial charge on any atom is 0.156 e. The second-order valence-electron chi connectivity index (χ2n) is 3.36. The molecule has 0 aliphatic carbocycles. The second kappa shape index (κ2) is 2.06. The van der Waals surface area contributed by atoms with Gasteiger partial charge in [-0.05, 0) is 12.8 Å². The molecule has 2 saturated heterocycles. The number of fused-ring (bicyclic) bond motifs is 2. The van der Waals surface area contributed by atoms with Crippen molar-refractivity contribution in [3.63, 3.8) is 0 Å². The maximum atomic E-state index is 11.4. The monoisotopic (exact) mass is 174 g/mol. The van der Waals surface area contributed by atoms with Crippen LogP contribution in [0.3, 0.4) is 0 Å². The Kier molecular flexibility index (Phi) is 1.36. The summed E-state index contributed by atoms with van der Waals surface area (Å²) in [6, 6.07) is 0. The molecule has 2 fully saturated rings. The molecule has 4 heteroatoms. The molecule has 3 nitrogen and oxygen atoms in total. The quantitative estimate of drug-likeness (QED) is 0.530. The zero-order valence-electron chi connectivity index (χ0n) is 6.12. The van der Waals surface area contributed by atoms with Crippen LogP contribution in [0.2, 0.25) is 0 Å². The van der Waals surface area contributed by atoms with E-state index in [2.05, 4.69) is 0 Å². The number of sulfone groups is 1. The zero-order valence-corrected chi connectivity index (χ0v) is 6.93. The molecule has 2 unspecified atom stereocenters. The SMILES string of the molecule is O=C1CC2CCC(C1)S2(=O)=O. The number of ketones is 1. The van der Waals surface area contributed by atoms with Crippen LogP contribution in [-0.4, -0.2) is 24.7 Å². The van der Waals surface area contributed by atoms with E-state index in [1.54, 1.807) is 0 Å². The molecule has 0 N–H and O–H groups in total. The fourth-order valence-corrected chi connectivity index (χ4v) is 4.31. The largest absolute Gasteiger partial charge is 0.300 e. The Morgan fingerprint density at radius 3 is 2.00 bits per heavy atom. The number of rotatable bonds is 0. The maximum absolute atomic E-state index is 11.4. The topological polar surface area (TPSA) is 51.2 Å². The van der Waals surface area contributed by atoms with Gasteiger partial charge in [-0.1, -0.05) is 0 Å². The van der Waals surface area contributed by atoms with E-state index in [0.29, 0.717) is 12.8 Å². The first-order chi connectivity index (χ1) is 5.10. The molecule has 62 valence electrons. The van der Waals surface area contributed by atoms with Gasteiger partial charge in [-0.3, -0.25) is 4.79 Å². The van der Waals surface area contributed by atoms with Gasteiger partial charge in [-0.25, -0.2) is 8.42 Å². The Hall–Kier alpha value is -0.380. The van der Waals surface area contributed by atoms with Gasteiger partial charge in [-0.2, -0.15) is 0 Å². The molecule has 0 aromatic heterocycles. The molecule has 0 saturated carbocycles. The lowest BCUT2D eigenvalue weighted by molar-refractivity contribution is -0.119. The van der Waals surface area contributed by atoms with Gasteiger partial charge in [0.25, 0.3) is 0 Å². The summed E-state index contributed by atoms with van der Waals surface area (Å²) in [5.74, 6) is 0.132. The van der Waals surface area contributed by atoms with Gasteiger partial charge < -0.3 is 0 Å². The smallest absolute Gasteiger partial charge is 0.156 e. The van der Waals surface area contributed by atoms with Gasteiger partial charge in [0.15, 0.2) is 9.84 Å². The molecule has 0 spiro atoms. The first kappa shape index (κ1) is 7.28. The Morgan fingerprint density at radius 2 is 1.55 bits per heavy atom.